The molecule has 0 saturated carbocycles. The minimum absolute atomic E-state index is 0.0219. The number of esters is 1. The average molecular weight is 939 g/mol. The number of likely N-dealkylation sites (N-methyl/N-ethyl adjacent to an activating group) is 1. The van der Waals surface area contributed by atoms with Crippen LogP contribution in [0.25, 0.3) is 0 Å². The second-order valence-corrected chi connectivity index (χ2v) is 21.5. The van der Waals surface area contributed by atoms with E-state index in [1.54, 1.807) is 0 Å². The van der Waals surface area contributed by atoms with Gasteiger partial charge in [0, 0.05) is 12.8 Å². The number of carbonyl (C=O) groups excluding carboxylic acids is 2. The van der Waals surface area contributed by atoms with Crippen LogP contribution >= 0.6 is 7.82 Å². The second-order valence-electron chi connectivity index (χ2n) is 20.1. The highest BCUT2D eigenvalue weighted by Gasteiger charge is 2.27. The Morgan fingerprint density at radius 1 is 0.523 bits per heavy atom. The van der Waals surface area contributed by atoms with E-state index in [9.17, 15) is 19.0 Å². The second kappa shape index (κ2) is 46.2. The number of amides is 1. The van der Waals surface area contributed by atoms with Gasteiger partial charge in [-0.15, -0.1) is 0 Å². The Kier molecular flexibility index (Phi) is 45.2. The SMILES string of the molecule is CCCCCCCCC/C=C\CCCCCC(=O)NC(COP(=O)([O-])OCC[N+](C)(C)C)C(/C=C/CCCCCCCCCCCC)OC(=O)CCCCCCCCCCCCCCC. The van der Waals surface area contributed by atoms with E-state index in [1.807, 2.05) is 33.3 Å². The molecule has 0 heterocycles. The van der Waals surface area contributed by atoms with Gasteiger partial charge >= 0.3 is 5.97 Å². The van der Waals surface area contributed by atoms with Gasteiger partial charge in [0.25, 0.3) is 7.82 Å². The predicted octanol–water partition coefficient (Wildman–Crippen LogP) is 15.6. The molecular weight excluding hydrogens is 832 g/mol. The maximum atomic E-state index is 13.4. The first kappa shape index (κ1) is 63.5. The zero-order valence-corrected chi connectivity index (χ0v) is 44.6. The van der Waals surface area contributed by atoms with Gasteiger partial charge in [0.15, 0.2) is 0 Å². The van der Waals surface area contributed by atoms with Crippen molar-refractivity contribution < 1.29 is 37.3 Å². The summed E-state index contributed by atoms with van der Waals surface area (Å²) in [5, 5.41) is 3.01. The fourth-order valence-electron chi connectivity index (χ4n) is 8.05. The van der Waals surface area contributed by atoms with Crippen LogP contribution in [0, 0.1) is 0 Å². The van der Waals surface area contributed by atoms with Crippen molar-refractivity contribution in [1.29, 1.82) is 0 Å². The molecule has 0 aliphatic heterocycles. The summed E-state index contributed by atoms with van der Waals surface area (Å²) in [6.07, 6.45) is 51.3. The smallest absolute Gasteiger partial charge is 0.306 e. The Morgan fingerprint density at radius 2 is 0.892 bits per heavy atom. The van der Waals surface area contributed by atoms with E-state index < -0.39 is 20.0 Å². The van der Waals surface area contributed by atoms with Gasteiger partial charge in [-0.1, -0.05) is 219 Å². The van der Waals surface area contributed by atoms with E-state index in [0.717, 1.165) is 70.6 Å². The van der Waals surface area contributed by atoms with Gasteiger partial charge in [0.1, 0.15) is 19.3 Å². The minimum atomic E-state index is -4.69. The Morgan fingerprint density at radius 3 is 1.32 bits per heavy atom. The van der Waals surface area contributed by atoms with Crippen LogP contribution in [-0.4, -0.2) is 69.4 Å². The highest BCUT2D eigenvalue weighted by molar-refractivity contribution is 7.45. The number of hydrogen-bond acceptors (Lipinski definition) is 7. The average Bonchev–Trinajstić information content (AvgIpc) is 3.26. The summed E-state index contributed by atoms with van der Waals surface area (Å²) in [6.45, 7) is 6.83. The van der Waals surface area contributed by atoms with Gasteiger partial charge in [-0.25, -0.2) is 0 Å². The molecule has 10 heteroatoms. The quantitative estimate of drug-likeness (QED) is 0.0212. The zero-order chi connectivity index (χ0) is 48.0. The monoisotopic (exact) mass is 939 g/mol. The van der Waals surface area contributed by atoms with Gasteiger partial charge in [0.2, 0.25) is 5.91 Å². The fraction of sp³-hybridized carbons (Fsp3) is 0.891. The first-order valence-electron chi connectivity index (χ1n) is 27.6. The van der Waals surface area contributed by atoms with Crippen LogP contribution in [0.2, 0.25) is 0 Å². The normalized spacial score (nSPS) is 14.0. The number of unbranched alkanes of at least 4 members (excludes halogenated alkanes) is 32. The van der Waals surface area contributed by atoms with Crippen molar-refractivity contribution in [2.24, 2.45) is 0 Å². The molecule has 0 aliphatic carbocycles. The molecule has 65 heavy (non-hydrogen) atoms. The fourth-order valence-corrected chi connectivity index (χ4v) is 8.77. The van der Waals surface area contributed by atoms with Crippen molar-refractivity contribution >= 4 is 19.7 Å². The van der Waals surface area contributed by atoms with E-state index >= 15 is 0 Å². The number of nitrogens with zero attached hydrogens (tertiary/aromatic N) is 1. The highest BCUT2D eigenvalue weighted by atomic mass is 31.2. The maximum Gasteiger partial charge on any atom is 0.306 e. The standard InChI is InChI=1S/C55H107N2O7P/c1-7-10-13-16-19-22-25-28-30-32-35-38-41-44-47-54(58)56-52(51-63-65(60,61)62-50-49-57(4,5)6)53(46-43-40-37-34-31-27-24-21-18-15-12-9-3)64-55(59)48-45-42-39-36-33-29-26-23-20-17-14-11-8-2/h30,32,43,46,52-53H,7-29,31,33-42,44-45,47-51H2,1-6H3,(H-,56,58,60,61)/b32-30-,46-43+. The summed E-state index contributed by atoms with van der Waals surface area (Å²) < 4.78 is 30.2. The predicted molar refractivity (Wildman–Crippen MR) is 275 cm³/mol. The molecule has 0 radical (unpaired) electrons. The first-order chi connectivity index (χ1) is 31.4. The third-order valence-corrected chi connectivity index (χ3v) is 13.3. The first-order valence-corrected chi connectivity index (χ1v) is 29.1. The molecule has 3 atom stereocenters. The third kappa shape index (κ3) is 47.4. The number of phosphoric acid groups is 1. The lowest BCUT2D eigenvalue weighted by Crippen LogP contribution is -2.47. The lowest BCUT2D eigenvalue weighted by Gasteiger charge is -2.30. The number of quaternary nitrogens is 1. The van der Waals surface area contributed by atoms with Crippen LogP contribution in [0.3, 0.4) is 0 Å². The molecule has 0 aromatic carbocycles. The van der Waals surface area contributed by atoms with Gasteiger partial charge in [-0.3, -0.25) is 14.2 Å². The van der Waals surface area contributed by atoms with Crippen molar-refractivity contribution in [1.82, 2.24) is 5.32 Å². The van der Waals surface area contributed by atoms with Crippen LogP contribution in [0.5, 0.6) is 0 Å². The summed E-state index contributed by atoms with van der Waals surface area (Å²) in [6, 6.07) is -0.888. The zero-order valence-electron chi connectivity index (χ0n) is 43.7. The summed E-state index contributed by atoms with van der Waals surface area (Å²) in [7, 11) is 1.19. The molecule has 0 aromatic rings. The largest absolute Gasteiger partial charge is 0.756 e. The van der Waals surface area contributed by atoms with Crippen LogP contribution < -0.4 is 10.2 Å². The highest BCUT2D eigenvalue weighted by Crippen LogP contribution is 2.38. The van der Waals surface area contributed by atoms with Crippen molar-refractivity contribution in [3.8, 4) is 0 Å². The molecule has 0 aromatic heterocycles. The van der Waals surface area contributed by atoms with Crippen molar-refractivity contribution in [2.45, 2.75) is 277 Å². The lowest BCUT2D eigenvalue weighted by molar-refractivity contribution is -0.870. The van der Waals surface area contributed by atoms with E-state index in [2.05, 4.69) is 38.2 Å². The van der Waals surface area contributed by atoms with E-state index in [-0.39, 0.29) is 31.5 Å². The van der Waals surface area contributed by atoms with Crippen LogP contribution in [0.4, 0.5) is 0 Å². The number of hydrogen-bond donors (Lipinski definition) is 1. The molecule has 9 nitrogen and oxygen atoms in total. The molecule has 3 unspecified atom stereocenters. The molecule has 1 N–H and O–H groups in total. The van der Waals surface area contributed by atoms with Gasteiger partial charge in [-0.05, 0) is 57.4 Å². The number of nitrogens with one attached hydrogen (secondary N) is 1. The van der Waals surface area contributed by atoms with Crippen LogP contribution in [0.15, 0.2) is 24.3 Å². The van der Waals surface area contributed by atoms with E-state index in [1.165, 1.54) is 161 Å². The summed E-state index contributed by atoms with van der Waals surface area (Å²) in [5.41, 5.74) is 0. The molecule has 384 valence electrons. The molecule has 0 spiro atoms. The van der Waals surface area contributed by atoms with Crippen molar-refractivity contribution in [3.63, 3.8) is 0 Å². The maximum absolute atomic E-state index is 13.4. The number of phosphoric ester groups is 1. The molecule has 0 fully saturated rings. The Labute approximate surface area is 403 Å². The van der Waals surface area contributed by atoms with Gasteiger partial charge in [-0.2, -0.15) is 0 Å². The van der Waals surface area contributed by atoms with E-state index in [4.69, 9.17) is 13.8 Å². The van der Waals surface area contributed by atoms with E-state index in [0.29, 0.717) is 17.4 Å². The molecule has 0 saturated heterocycles. The Bertz CT molecular complexity index is 1170. The lowest BCUT2D eigenvalue weighted by atomic mass is 10.0. The number of rotatable bonds is 50. The van der Waals surface area contributed by atoms with Crippen LogP contribution in [-0.2, 0) is 27.9 Å². The molecular formula is C55H107N2O7P. The molecule has 0 bridgehead atoms. The topological polar surface area (TPSA) is 114 Å². The van der Waals surface area contributed by atoms with Crippen molar-refractivity contribution in [3.05, 3.63) is 24.3 Å². The Balaban J connectivity index is 5.40. The molecule has 1 amide bonds. The van der Waals surface area contributed by atoms with Crippen LogP contribution in [0.1, 0.15) is 265 Å². The molecule has 0 aliphatic rings. The third-order valence-electron chi connectivity index (χ3n) is 12.4. The van der Waals surface area contributed by atoms with Gasteiger partial charge < -0.3 is 28.5 Å². The minimum Gasteiger partial charge on any atom is -0.756 e. The number of carbonyl (C=O) groups is 2. The van der Waals surface area contributed by atoms with Crippen molar-refractivity contribution in [2.75, 3.05) is 40.9 Å². The summed E-state index contributed by atoms with van der Waals surface area (Å²) >= 11 is 0. The van der Waals surface area contributed by atoms with Gasteiger partial charge in [0.05, 0.1) is 33.8 Å². The summed E-state index contributed by atoms with van der Waals surface area (Å²) in [5.74, 6) is -0.550. The number of ether oxygens (including phenoxy) is 1. The number of allylic oxidation sites excluding steroid dienone is 3. The Hall–Kier alpha value is -1.51. The summed E-state index contributed by atoms with van der Waals surface area (Å²) in [4.78, 5) is 39.7. The molecule has 0 rings (SSSR count).